The average Bonchev–Trinajstić information content (AvgIpc) is 2.32. The normalized spacial score (nSPS) is 43.3. The molecular weight excluding hydrogens is 222 g/mol. The number of ether oxygens (including phenoxy) is 1. The summed E-state index contributed by atoms with van der Waals surface area (Å²) in [5, 5.41) is 3.49. The second-order valence-electron chi connectivity index (χ2n) is 7.27. The lowest BCUT2D eigenvalue weighted by atomic mass is 9.48. The first kappa shape index (κ1) is 12.9. The van der Waals surface area contributed by atoms with E-state index in [1.54, 1.807) is 19.3 Å². The Hall–Kier alpha value is -0.0800. The van der Waals surface area contributed by atoms with Gasteiger partial charge in [-0.3, -0.25) is 0 Å². The Kier molecular flexibility index (Phi) is 3.68. The van der Waals surface area contributed by atoms with Gasteiger partial charge in [-0.15, -0.1) is 0 Å². The van der Waals surface area contributed by atoms with Crippen LogP contribution in [0.4, 0.5) is 0 Å². The summed E-state index contributed by atoms with van der Waals surface area (Å²) in [7, 11) is 2.10. The first-order valence-corrected chi connectivity index (χ1v) is 7.98. The molecule has 4 fully saturated rings. The second-order valence-corrected chi connectivity index (χ2v) is 7.27. The van der Waals surface area contributed by atoms with Crippen LogP contribution in [0.2, 0.25) is 0 Å². The molecule has 0 aromatic rings. The van der Waals surface area contributed by atoms with Crippen LogP contribution >= 0.6 is 0 Å². The van der Waals surface area contributed by atoms with Crippen molar-refractivity contribution in [3.63, 3.8) is 0 Å². The highest BCUT2D eigenvalue weighted by atomic mass is 16.5. The summed E-state index contributed by atoms with van der Waals surface area (Å²) < 4.78 is 5.64. The molecule has 2 nitrogen and oxygen atoms in total. The van der Waals surface area contributed by atoms with Crippen LogP contribution in [-0.2, 0) is 4.74 Å². The molecule has 0 aromatic carbocycles. The molecule has 0 aromatic heterocycles. The van der Waals surface area contributed by atoms with E-state index in [9.17, 15) is 0 Å². The molecule has 4 saturated carbocycles. The highest BCUT2D eigenvalue weighted by Gasteiger charge is 2.51. The van der Waals surface area contributed by atoms with E-state index in [1.165, 1.54) is 25.7 Å². The maximum atomic E-state index is 5.64. The molecule has 0 radical (unpaired) electrons. The summed E-state index contributed by atoms with van der Waals surface area (Å²) in [4.78, 5) is 0. The molecule has 4 aliphatic rings. The molecule has 4 bridgehead atoms. The van der Waals surface area contributed by atoms with Gasteiger partial charge >= 0.3 is 0 Å². The lowest BCUT2D eigenvalue weighted by Gasteiger charge is -2.57. The average molecular weight is 251 g/mol. The highest BCUT2D eigenvalue weighted by molar-refractivity contribution is 5.02. The monoisotopic (exact) mass is 251 g/mol. The maximum absolute atomic E-state index is 5.64. The fourth-order valence-electron chi connectivity index (χ4n) is 5.57. The SMILES string of the molecule is CCOCC(CC12CC3CC(CC(C3)C1)C2)NC. The largest absolute Gasteiger partial charge is 0.380 e. The number of nitrogens with one attached hydrogen (secondary N) is 1. The summed E-state index contributed by atoms with van der Waals surface area (Å²) >= 11 is 0. The van der Waals surface area contributed by atoms with E-state index in [0.717, 1.165) is 31.0 Å². The van der Waals surface area contributed by atoms with Gasteiger partial charge in [-0.1, -0.05) is 0 Å². The summed E-state index contributed by atoms with van der Waals surface area (Å²) in [6.07, 6.45) is 10.6. The van der Waals surface area contributed by atoms with Crippen LogP contribution in [0.15, 0.2) is 0 Å². The van der Waals surface area contributed by atoms with Gasteiger partial charge in [0.1, 0.15) is 0 Å². The van der Waals surface area contributed by atoms with Crippen molar-refractivity contribution in [1.29, 1.82) is 0 Å². The summed E-state index contributed by atoms with van der Waals surface area (Å²) in [5.74, 6) is 3.21. The third-order valence-corrected chi connectivity index (χ3v) is 5.78. The Labute approximate surface area is 112 Å². The fraction of sp³-hybridized carbons (Fsp3) is 1.00. The van der Waals surface area contributed by atoms with Gasteiger partial charge in [0.25, 0.3) is 0 Å². The van der Waals surface area contributed by atoms with E-state index in [-0.39, 0.29) is 0 Å². The zero-order valence-corrected chi connectivity index (χ0v) is 12.1. The van der Waals surface area contributed by atoms with Crippen molar-refractivity contribution in [3.8, 4) is 0 Å². The maximum Gasteiger partial charge on any atom is 0.0619 e. The third kappa shape index (κ3) is 2.46. The van der Waals surface area contributed by atoms with Crippen molar-refractivity contribution in [2.24, 2.45) is 23.2 Å². The molecule has 1 N–H and O–H groups in total. The van der Waals surface area contributed by atoms with Crippen molar-refractivity contribution >= 4 is 0 Å². The van der Waals surface area contributed by atoms with Gasteiger partial charge in [-0.05, 0) is 82.1 Å². The number of rotatable bonds is 6. The van der Waals surface area contributed by atoms with Gasteiger partial charge in [0.05, 0.1) is 6.61 Å². The van der Waals surface area contributed by atoms with Gasteiger partial charge in [-0.2, -0.15) is 0 Å². The van der Waals surface area contributed by atoms with Crippen LogP contribution in [0.5, 0.6) is 0 Å². The second kappa shape index (κ2) is 5.13. The van der Waals surface area contributed by atoms with Crippen LogP contribution in [0, 0.1) is 23.2 Å². The molecule has 0 heterocycles. The van der Waals surface area contributed by atoms with Crippen molar-refractivity contribution in [3.05, 3.63) is 0 Å². The van der Waals surface area contributed by atoms with Crippen LogP contribution < -0.4 is 5.32 Å². The lowest BCUT2D eigenvalue weighted by Crippen LogP contribution is -2.49. The van der Waals surface area contributed by atoms with Crippen molar-refractivity contribution in [1.82, 2.24) is 5.32 Å². The molecule has 4 rings (SSSR count). The Morgan fingerprint density at radius 2 is 1.67 bits per heavy atom. The van der Waals surface area contributed by atoms with Crippen LogP contribution in [0.3, 0.4) is 0 Å². The predicted octanol–water partition coefficient (Wildman–Crippen LogP) is 3.22. The first-order valence-electron chi connectivity index (χ1n) is 7.98. The smallest absolute Gasteiger partial charge is 0.0619 e. The van der Waals surface area contributed by atoms with E-state index >= 15 is 0 Å². The van der Waals surface area contributed by atoms with E-state index in [4.69, 9.17) is 4.74 Å². The quantitative estimate of drug-likeness (QED) is 0.782. The summed E-state index contributed by atoms with van der Waals surface area (Å²) in [5.41, 5.74) is 0.680. The number of hydrogen-bond acceptors (Lipinski definition) is 2. The van der Waals surface area contributed by atoms with Crippen LogP contribution in [-0.4, -0.2) is 26.3 Å². The van der Waals surface area contributed by atoms with Crippen molar-refractivity contribution in [2.45, 2.75) is 57.9 Å². The van der Waals surface area contributed by atoms with Crippen LogP contribution in [0.25, 0.3) is 0 Å². The zero-order valence-electron chi connectivity index (χ0n) is 12.1. The Morgan fingerprint density at radius 1 is 1.11 bits per heavy atom. The fourth-order valence-corrected chi connectivity index (χ4v) is 5.57. The van der Waals surface area contributed by atoms with Gasteiger partial charge in [0.2, 0.25) is 0 Å². The molecule has 18 heavy (non-hydrogen) atoms. The highest BCUT2D eigenvalue weighted by Crippen LogP contribution is 2.61. The van der Waals surface area contributed by atoms with Gasteiger partial charge in [0.15, 0.2) is 0 Å². The molecule has 0 amide bonds. The number of likely N-dealkylation sites (N-methyl/N-ethyl adjacent to an activating group) is 1. The Bertz CT molecular complexity index is 254. The Balaban J connectivity index is 1.64. The van der Waals surface area contributed by atoms with Crippen molar-refractivity contribution in [2.75, 3.05) is 20.3 Å². The van der Waals surface area contributed by atoms with E-state index < -0.39 is 0 Å². The molecule has 1 unspecified atom stereocenters. The molecule has 0 aliphatic heterocycles. The lowest BCUT2D eigenvalue weighted by molar-refractivity contribution is -0.0657. The molecule has 4 aliphatic carbocycles. The minimum Gasteiger partial charge on any atom is -0.380 e. The topological polar surface area (TPSA) is 21.3 Å². The molecule has 0 spiro atoms. The Morgan fingerprint density at radius 3 is 2.11 bits per heavy atom. The van der Waals surface area contributed by atoms with E-state index in [1.807, 2.05) is 0 Å². The first-order chi connectivity index (χ1) is 8.73. The summed E-state index contributed by atoms with van der Waals surface area (Å²) in [6, 6.07) is 0.571. The molecular formula is C16H29NO. The summed E-state index contributed by atoms with van der Waals surface area (Å²) in [6.45, 7) is 3.84. The third-order valence-electron chi connectivity index (χ3n) is 5.78. The molecule has 2 heteroatoms. The zero-order chi connectivity index (χ0) is 12.6. The van der Waals surface area contributed by atoms with Gasteiger partial charge in [-0.25, -0.2) is 0 Å². The standard InChI is InChI=1S/C16H29NO/c1-3-18-11-15(17-2)10-16-7-12-4-13(8-16)6-14(5-12)9-16/h12-15,17H,3-11H2,1-2H3. The molecule has 0 saturated heterocycles. The molecule has 1 atom stereocenters. The minimum atomic E-state index is 0.571. The van der Waals surface area contributed by atoms with E-state index in [2.05, 4.69) is 19.3 Å². The number of hydrogen-bond donors (Lipinski definition) is 1. The van der Waals surface area contributed by atoms with Crippen LogP contribution in [0.1, 0.15) is 51.9 Å². The van der Waals surface area contributed by atoms with E-state index in [0.29, 0.717) is 11.5 Å². The van der Waals surface area contributed by atoms with Crippen molar-refractivity contribution < 1.29 is 4.74 Å². The molecule has 104 valence electrons. The van der Waals surface area contributed by atoms with Gasteiger partial charge in [0, 0.05) is 12.6 Å². The minimum absolute atomic E-state index is 0.571. The van der Waals surface area contributed by atoms with Gasteiger partial charge < -0.3 is 10.1 Å². The predicted molar refractivity (Wildman–Crippen MR) is 74.6 cm³/mol.